The molecule has 2 atom stereocenters. The minimum atomic E-state index is -0.582. The van der Waals surface area contributed by atoms with Gasteiger partial charge in [-0.2, -0.15) is 0 Å². The van der Waals surface area contributed by atoms with Crippen LogP contribution in [0.5, 0.6) is 23.0 Å². The first kappa shape index (κ1) is 20.4. The molecule has 0 aliphatic carbocycles. The van der Waals surface area contributed by atoms with Crippen molar-refractivity contribution in [2.24, 2.45) is 0 Å². The van der Waals surface area contributed by atoms with E-state index in [-0.39, 0.29) is 11.9 Å². The van der Waals surface area contributed by atoms with Gasteiger partial charge >= 0.3 is 0 Å². The first-order valence-electron chi connectivity index (χ1n) is 8.85. The van der Waals surface area contributed by atoms with Crippen molar-refractivity contribution in [1.82, 2.24) is 5.32 Å². The van der Waals surface area contributed by atoms with E-state index in [9.17, 15) is 4.79 Å². The highest BCUT2D eigenvalue weighted by atomic mass is 16.5. The molecule has 2 aromatic rings. The van der Waals surface area contributed by atoms with Crippen LogP contribution >= 0.6 is 0 Å². The zero-order chi connectivity index (χ0) is 19.8. The number of ether oxygens (including phenoxy) is 4. The predicted molar refractivity (Wildman–Crippen MR) is 104 cm³/mol. The molecular weight excluding hydrogens is 346 g/mol. The Kier molecular flexibility index (Phi) is 7.34. The second-order valence-corrected chi connectivity index (χ2v) is 6.03. The molecule has 146 valence electrons. The average Bonchev–Trinajstić information content (AvgIpc) is 2.71. The van der Waals surface area contributed by atoms with Crippen LogP contribution in [0.15, 0.2) is 42.5 Å². The third-order valence-corrected chi connectivity index (χ3v) is 4.27. The Morgan fingerprint density at radius 2 is 1.56 bits per heavy atom. The number of methoxy groups -OCH3 is 3. The van der Waals surface area contributed by atoms with Crippen LogP contribution in [0.3, 0.4) is 0 Å². The Hall–Kier alpha value is -2.89. The lowest BCUT2D eigenvalue weighted by atomic mass is 10.1. The lowest BCUT2D eigenvalue weighted by Gasteiger charge is -2.21. The molecule has 0 radical (unpaired) electrons. The fourth-order valence-electron chi connectivity index (χ4n) is 2.65. The topological polar surface area (TPSA) is 66.0 Å². The summed E-state index contributed by atoms with van der Waals surface area (Å²) in [5, 5.41) is 2.99. The molecule has 2 aromatic carbocycles. The van der Waals surface area contributed by atoms with Crippen LogP contribution in [-0.4, -0.2) is 33.3 Å². The molecule has 0 aliphatic rings. The molecular formula is C21H27NO5. The number of carbonyl (C=O) groups excluding carboxylic acids is 1. The van der Waals surface area contributed by atoms with Crippen molar-refractivity contribution in [3.05, 3.63) is 48.0 Å². The molecule has 0 bridgehead atoms. The lowest BCUT2D eigenvalue weighted by Crippen LogP contribution is -2.39. The summed E-state index contributed by atoms with van der Waals surface area (Å²) in [5.74, 6) is 2.46. The standard InChI is InChI=1S/C21H27NO5/c1-6-18(27-17-10-8-16(24-3)9-11-17)21(23)22-14(2)15-7-12-19(25-4)20(13-15)26-5/h7-14,18H,6H2,1-5H3,(H,22,23)/t14-,18+/m1/s1. The van der Waals surface area contributed by atoms with Crippen molar-refractivity contribution in [3.8, 4) is 23.0 Å². The van der Waals surface area contributed by atoms with Gasteiger partial charge in [-0.3, -0.25) is 4.79 Å². The molecule has 0 spiro atoms. The smallest absolute Gasteiger partial charge is 0.261 e. The summed E-state index contributed by atoms with van der Waals surface area (Å²) in [4.78, 5) is 12.6. The van der Waals surface area contributed by atoms with Crippen LogP contribution in [0.2, 0.25) is 0 Å². The van der Waals surface area contributed by atoms with Crippen molar-refractivity contribution in [1.29, 1.82) is 0 Å². The predicted octanol–water partition coefficient (Wildman–Crippen LogP) is 3.75. The van der Waals surface area contributed by atoms with Crippen molar-refractivity contribution < 1.29 is 23.7 Å². The highest BCUT2D eigenvalue weighted by Gasteiger charge is 2.21. The number of amides is 1. The van der Waals surface area contributed by atoms with Gasteiger partial charge in [0.05, 0.1) is 27.4 Å². The van der Waals surface area contributed by atoms with E-state index in [1.54, 1.807) is 45.6 Å². The molecule has 0 saturated heterocycles. The van der Waals surface area contributed by atoms with E-state index in [2.05, 4.69) is 5.32 Å². The normalized spacial score (nSPS) is 12.6. The Balaban J connectivity index is 2.04. The number of hydrogen-bond acceptors (Lipinski definition) is 5. The largest absolute Gasteiger partial charge is 0.497 e. The fourth-order valence-corrected chi connectivity index (χ4v) is 2.65. The van der Waals surface area contributed by atoms with E-state index >= 15 is 0 Å². The van der Waals surface area contributed by atoms with E-state index in [0.717, 1.165) is 11.3 Å². The SMILES string of the molecule is CC[C@H](Oc1ccc(OC)cc1)C(=O)N[C@H](C)c1ccc(OC)c(OC)c1. The van der Waals surface area contributed by atoms with Gasteiger partial charge in [-0.05, 0) is 55.3 Å². The summed E-state index contributed by atoms with van der Waals surface area (Å²) in [6, 6.07) is 12.5. The first-order valence-corrected chi connectivity index (χ1v) is 8.85. The van der Waals surface area contributed by atoms with Gasteiger partial charge in [0.15, 0.2) is 17.6 Å². The van der Waals surface area contributed by atoms with Crippen LogP contribution in [0.1, 0.15) is 31.9 Å². The van der Waals surface area contributed by atoms with E-state index in [0.29, 0.717) is 23.7 Å². The Labute approximate surface area is 160 Å². The maximum absolute atomic E-state index is 12.6. The van der Waals surface area contributed by atoms with Gasteiger partial charge in [-0.1, -0.05) is 13.0 Å². The third-order valence-electron chi connectivity index (χ3n) is 4.27. The van der Waals surface area contributed by atoms with Crippen molar-refractivity contribution in [2.75, 3.05) is 21.3 Å². The van der Waals surface area contributed by atoms with Gasteiger partial charge in [0, 0.05) is 0 Å². The van der Waals surface area contributed by atoms with E-state index in [1.807, 2.05) is 32.0 Å². The van der Waals surface area contributed by atoms with Gasteiger partial charge in [0.2, 0.25) is 0 Å². The Morgan fingerprint density at radius 3 is 2.11 bits per heavy atom. The Morgan fingerprint density at radius 1 is 0.926 bits per heavy atom. The highest BCUT2D eigenvalue weighted by Crippen LogP contribution is 2.30. The Bertz CT molecular complexity index is 745. The molecule has 0 unspecified atom stereocenters. The number of benzene rings is 2. The summed E-state index contributed by atoms with van der Waals surface area (Å²) in [7, 11) is 4.78. The first-order chi connectivity index (χ1) is 13.0. The summed E-state index contributed by atoms with van der Waals surface area (Å²) >= 11 is 0. The third kappa shape index (κ3) is 5.29. The second-order valence-electron chi connectivity index (χ2n) is 6.03. The quantitative estimate of drug-likeness (QED) is 0.725. The average molecular weight is 373 g/mol. The molecule has 0 saturated carbocycles. The van der Waals surface area contributed by atoms with E-state index in [1.165, 1.54) is 0 Å². The molecule has 27 heavy (non-hydrogen) atoms. The molecule has 0 heterocycles. The van der Waals surface area contributed by atoms with Crippen LogP contribution in [0, 0.1) is 0 Å². The van der Waals surface area contributed by atoms with Gasteiger partial charge in [-0.15, -0.1) is 0 Å². The van der Waals surface area contributed by atoms with Crippen LogP contribution in [0.4, 0.5) is 0 Å². The zero-order valence-electron chi connectivity index (χ0n) is 16.4. The molecule has 1 amide bonds. The van der Waals surface area contributed by atoms with Crippen molar-refractivity contribution >= 4 is 5.91 Å². The molecule has 0 aromatic heterocycles. The van der Waals surface area contributed by atoms with Crippen LogP contribution < -0.4 is 24.3 Å². The van der Waals surface area contributed by atoms with Crippen LogP contribution in [-0.2, 0) is 4.79 Å². The van der Waals surface area contributed by atoms with Crippen LogP contribution in [0.25, 0.3) is 0 Å². The van der Waals surface area contributed by atoms with E-state index in [4.69, 9.17) is 18.9 Å². The fraction of sp³-hybridized carbons (Fsp3) is 0.381. The second kappa shape index (κ2) is 9.71. The van der Waals surface area contributed by atoms with E-state index < -0.39 is 6.10 Å². The molecule has 6 nitrogen and oxygen atoms in total. The number of rotatable bonds is 9. The summed E-state index contributed by atoms with van der Waals surface area (Å²) in [6.07, 6.45) is -0.0303. The van der Waals surface area contributed by atoms with Gasteiger partial charge in [-0.25, -0.2) is 0 Å². The molecule has 6 heteroatoms. The lowest BCUT2D eigenvalue weighted by molar-refractivity contribution is -0.128. The van der Waals surface area contributed by atoms with Crippen molar-refractivity contribution in [2.45, 2.75) is 32.4 Å². The minimum absolute atomic E-state index is 0.171. The minimum Gasteiger partial charge on any atom is -0.497 e. The molecule has 0 aliphatic heterocycles. The summed E-state index contributed by atoms with van der Waals surface area (Å²) < 4.78 is 21.5. The van der Waals surface area contributed by atoms with Crippen molar-refractivity contribution in [3.63, 3.8) is 0 Å². The monoisotopic (exact) mass is 373 g/mol. The maximum atomic E-state index is 12.6. The maximum Gasteiger partial charge on any atom is 0.261 e. The van der Waals surface area contributed by atoms with Gasteiger partial charge in [0.25, 0.3) is 5.91 Å². The van der Waals surface area contributed by atoms with Gasteiger partial charge in [0.1, 0.15) is 11.5 Å². The number of carbonyl (C=O) groups is 1. The highest BCUT2D eigenvalue weighted by molar-refractivity contribution is 5.81. The summed E-state index contributed by atoms with van der Waals surface area (Å²) in [5.41, 5.74) is 0.917. The van der Waals surface area contributed by atoms with Gasteiger partial charge < -0.3 is 24.3 Å². The number of hydrogen-bond donors (Lipinski definition) is 1. The zero-order valence-corrected chi connectivity index (χ0v) is 16.4. The molecule has 2 rings (SSSR count). The molecule has 1 N–H and O–H groups in total. The number of nitrogens with one attached hydrogen (secondary N) is 1. The molecule has 0 fully saturated rings. The summed E-state index contributed by atoms with van der Waals surface area (Å²) in [6.45, 7) is 3.83.